The molecule has 0 N–H and O–H groups in total. The number of carbonyl (C=O) groups is 2. The zero-order valence-electron chi connectivity index (χ0n) is 20.9. The van der Waals surface area contributed by atoms with E-state index in [4.69, 9.17) is 18.9 Å². The number of allylic oxidation sites excluding steroid dienone is 1. The summed E-state index contributed by atoms with van der Waals surface area (Å²) in [5, 5.41) is 0.861. The van der Waals surface area contributed by atoms with Gasteiger partial charge in [0.1, 0.15) is 11.5 Å². The summed E-state index contributed by atoms with van der Waals surface area (Å²) in [6.07, 6.45) is 1.53. The van der Waals surface area contributed by atoms with Crippen LogP contribution in [0.3, 0.4) is 0 Å². The largest absolute Gasteiger partial charge is 0.493 e. The second-order valence-electron chi connectivity index (χ2n) is 9.13. The van der Waals surface area contributed by atoms with Crippen LogP contribution in [0.4, 0.5) is 0 Å². The SMILES string of the molecule is COc1cccc(/C=C2\Oc3c(ccc4c3[C@@H](c3cc5ccccc5n(C)c3=O)CC(=O)O4)C2=O)c1OC. The average Bonchev–Trinajstić information content (AvgIpc) is 3.24. The topological polar surface area (TPSA) is 93.1 Å². The van der Waals surface area contributed by atoms with E-state index in [1.54, 1.807) is 54.1 Å². The van der Waals surface area contributed by atoms with Gasteiger partial charge in [0.15, 0.2) is 17.3 Å². The summed E-state index contributed by atoms with van der Waals surface area (Å²) in [5.74, 6) is 0.185. The van der Waals surface area contributed by atoms with Crippen LogP contribution in [0.5, 0.6) is 23.0 Å². The maximum absolute atomic E-state index is 13.5. The lowest BCUT2D eigenvalue weighted by atomic mass is 9.84. The molecule has 0 radical (unpaired) electrons. The molecule has 0 bridgehead atoms. The maximum atomic E-state index is 13.5. The number of hydrogen-bond donors (Lipinski definition) is 0. The second-order valence-corrected chi connectivity index (χ2v) is 9.13. The van der Waals surface area contributed by atoms with Crippen LogP contribution in [0.25, 0.3) is 17.0 Å². The molecule has 8 nitrogen and oxygen atoms in total. The Balaban J connectivity index is 1.51. The van der Waals surface area contributed by atoms with Crippen molar-refractivity contribution < 1.29 is 28.5 Å². The first-order valence-corrected chi connectivity index (χ1v) is 12.0. The molecule has 0 spiro atoms. The van der Waals surface area contributed by atoms with E-state index in [9.17, 15) is 14.4 Å². The van der Waals surface area contributed by atoms with Gasteiger partial charge in [-0.25, -0.2) is 0 Å². The molecule has 0 amide bonds. The molecule has 0 unspecified atom stereocenters. The van der Waals surface area contributed by atoms with Gasteiger partial charge in [-0.15, -0.1) is 0 Å². The number of hydrogen-bond acceptors (Lipinski definition) is 7. The first kappa shape index (κ1) is 23.5. The van der Waals surface area contributed by atoms with Crippen molar-refractivity contribution in [2.75, 3.05) is 14.2 Å². The van der Waals surface area contributed by atoms with Crippen molar-refractivity contribution in [3.05, 3.63) is 99.0 Å². The smallest absolute Gasteiger partial charge is 0.312 e. The van der Waals surface area contributed by atoms with Crippen molar-refractivity contribution in [1.82, 2.24) is 4.57 Å². The number of para-hydroxylation sites is 2. The molecule has 6 rings (SSSR count). The number of carbonyl (C=O) groups excluding carboxylic acids is 2. The highest BCUT2D eigenvalue weighted by atomic mass is 16.5. The number of Topliss-reactive ketones (excluding diaryl/α,β-unsaturated/α-hetero) is 1. The number of fused-ring (bicyclic) bond motifs is 4. The third kappa shape index (κ3) is 3.56. The Kier molecular flexibility index (Phi) is 5.52. The molecular weight excluding hydrogens is 486 g/mol. The van der Waals surface area contributed by atoms with Gasteiger partial charge in [-0.1, -0.05) is 30.3 Å². The number of ether oxygens (including phenoxy) is 4. The van der Waals surface area contributed by atoms with Crippen molar-refractivity contribution in [3.63, 3.8) is 0 Å². The van der Waals surface area contributed by atoms with Gasteiger partial charge in [0.25, 0.3) is 5.56 Å². The number of esters is 1. The molecule has 2 aliphatic rings. The van der Waals surface area contributed by atoms with Crippen LogP contribution >= 0.6 is 0 Å². The van der Waals surface area contributed by atoms with Crippen LogP contribution in [-0.2, 0) is 11.8 Å². The van der Waals surface area contributed by atoms with Crippen molar-refractivity contribution in [3.8, 4) is 23.0 Å². The highest BCUT2D eigenvalue weighted by Gasteiger charge is 2.39. The fraction of sp³-hybridized carbons (Fsp3) is 0.167. The van der Waals surface area contributed by atoms with Crippen LogP contribution < -0.4 is 24.5 Å². The maximum Gasteiger partial charge on any atom is 0.312 e. The highest BCUT2D eigenvalue weighted by Crippen LogP contribution is 2.49. The van der Waals surface area contributed by atoms with Crippen molar-refractivity contribution >= 4 is 28.7 Å². The Bertz CT molecular complexity index is 1750. The molecule has 4 aromatic rings. The number of aryl methyl sites for hydroxylation is 1. The van der Waals surface area contributed by atoms with E-state index in [1.807, 2.05) is 24.3 Å². The van der Waals surface area contributed by atoms with Crippen molar-refractivity contribution in [1.29, 1.82) is 0 Å². The van der Waals surface area contributed by atoms with E-state index in [1.165, 1.54) is 14.2 Å². The van der Waals surface area contributed by atoms with Gasteiger partial charge in [-0.05, 0) is 41.8 Å². The molecule has 0 saturated carbocycles. The first-order chi connectivity index (χ1) is 18.4. The molecular formula is C30H23NO7. The van der Waals surface area contributed by atoms with E-state index < -0.39 is 11.9 Å². The zero-order valence-corrected chi connectivity index (χ0v) is 20.9. The lowest BCUT2D eigenvalue weighted by Crippen LogP contribution is -2.29. The Hall–Kier alpha value is -4.85. The van der Waals surface area contributed by atoms with Gasteiger partial charge < -0.3 is 23.5 Å². The van der Waals surface area contributed by atoms with Gasteiger partial charge in [0, 0.05) is 29.7 Å². The summed E-state index contributed by atoms with van der Waals surface area (Å²) in [5.41, 5.74) is 2.42. The van der Waals surface area contributed by atoms with E-state index in [0.717, 1.165) is 10.9 Å². The minimum atomic E-state index is -0.650. The number of aromatic nitrogens is 1. The molecule has 3 heterocycles. The summed E-state index contributed by atoms with van der Waals surface area (Å²) >= 11 is 0. The van der Waals surface area contributed by atoms with Crippen LogP contribution in [0, 0.1) is 0 Å². The fourth-order valence-electron chi connectivity index (χ4n) is 5.24. The lowest BCUT2D eigenvalue weighted by molar-refractivity contribution is -0.135. The number of ketones is 1. The second kappa shape index (κ2) is 8.92. The molecule has 190 valence electrons. The van der Waals surface area contributed by atoms with E-state index in [-0.39, 0.29) is 35.0 Å². The lowest BCUT2D eigenvalue weighted by Gasteiger charge is -2.26. The van der Waals surface area contributed by atoms with E-state index in [2.05, 4.69) is 0 Å². The number of nitrogens with zero attached hydrogens (tertiary/aromatic N) is 1. The monoisotopic (exact) mass is 509 g/mol. The summed E-state index contributed by atoms with van der Waals surface area (Å²) in [6.45, 7) is 0. The third-order valence-electron chi connectivity index (χ3n) is 7.04. The van der Waals surface area contributed by atoms with Gasteiger partial charge in [-0.2, -0.15) is 0 Å². The number of rotatable bonds is 4. The normalized spacial score (nSPS) is 17.1. The Morgan fingerprint density at radius 2 is 1.76 bits per heavy atom. The molecule has 0 saturated heterocycles. The quantitative estimate of drug-likeness (QED) is 0.225. The highest BCUT2D eigenvalue weighted by molar-refractivity contribution is 6.15. The molecule has 1 aromatic heterocycles. The number of methoxy groups -OCH3 is 2. The van der Waals surface area contributed by atoms with Gasteiger partial charge >= 0.3 is 5.97 Å². The molecule has 1 atom stereocenters. The molecule has 0 aliphatic carbocycles. The molecule has 38 heavy (non-hydrogen) atoms. The summed E-state index contributed by atoms with van der Waals surface area (Å²) in [4.78, 5) is 39.5. The third-order valence-corrected chi connectivity index (χ3v) is 7.04. The molecule has 3 aromatic carbocycles. The first-order valence-electron chi connectivity index (χ1n) is 12.0. The predicted octanol–water partition coefficient (Wildman–Crippen LogP) is 4.61. The Labute approximate surface area is 217 Å². The van der Waals surface area contributed by atoms with Gasteiger partial charge in [0.05, 0.1) is 31.7 Å². The minimum absolute atomic E-state index is 0.0582. The summed E-state index contributed by atoms with van der Waals surface area (Å²) in [6, 6.07) is 17.8. The van der Waals surface area contributed by atoms with E-state index in [0.29, 0.717) is 33.8 Å². The predicted molar refractivity (Wildman–Crippen MR) is 140 cm³/mol. The van der Waals surface area contributed by atoms with E-state index >= 15 is 0 Å². The molecule has 8 heteroatoms. The van der Waals surface area contributed by atoms with Crippen LogP contribution in [0.2, 0.25) is 0 Å². The van der Waals surface area contributed by atoms with Crippen LogP contribution in [0.1, 0.15) is 39.4 Å². The Morgan fingerprint density at radius 3 is 2.55 bits per heavy atom. The average molecular weight is 510 g/mol. The zero-order chi connectivity index (χ0) is 26.6. The number of pyridine rings is 1. The van der Waals surface area contributed by atoms with Gasteiger partial charge in [-0.3, -0.25) is 14.4 Å². The van der Waals surface area contributed by atoms with Crippen molar-refractivity contribution in [2.24, 2.45) is 7.05 Å². The van der Waals surface area contributed by atoms with Gasteiger partial charge in [0.2, 0.25) is 5.78 Å². The number of benzene rings is 3. The molecule has 2 aliphatic heterocycles. The summed E-state index contributed by atoms with van der Waals surface area (Å²) in [7, 11) is 4.76. The minimum Gasteiger partial charge on any atom is -0.493 e. The fourth-order valence-corrected chi connectivity index (χ4v) is 5.24. The molecule has 0 fully saturated rings. The van der Waals surface area contributed by atoms with Crippen LogP contribution in [-0.4, -0.2) is 30.5 Å². The van der Waals surface area contributed by atoms with Crippen LogP contribution in [0.15, 0.2) is 71.2 Å². The van der Waals surface area contributed by atoms with Crippen molar-refractivity contribution in [2.45, 2.75) is 12.3 Å². The summed E-state index contributed by atoms with van der Waals surface area (Å²) < 4.78 is 24.1. The standard InChI is InChI=1S/C30H23NO7/c1-31-21-9-5-4-7-16(21)13-20(30(31)34)19-15-25(32)37-22-12-11-18-27(33)24(38-29(18)26(19)22)14-17-8-6-10-23(35-2)28(17)36-3/h4-14,19H,15H2,1-3H3/b24-14-/t19-/m1/s1. The Morgan fingerprint density at radius 1 is 0.947 bits per heavy atom.